The van der Waals surface area contributed by atoms with Gasteiger partial charge in [-0.15, -0.1) is 0 Å². The highest BCUT2D eigenvalue weighted by Gasteiger charge is 2.15. The van der Waals surface area contributed by atoms with Crippen molar-refractivity contribution in [2.24, 2.45) is 12.8 Å². The molecule has 0 aliphatic carbocycles. The van der Waals surface area contributed by atoms with Gasteiger partial charge in [-0.05, 0) is 24.8 Å². The Morgan fingerprint density at radius 3 is 2.60 bits per heavy atom. The van der Waals surface area contributed by atoms with Crippen molar-refractivity contribution in [2.75, 3.05) is 0 Å². The number of benzene rings is 1. The molecule has 0 saturated carbocycles. The van der Waals surface area contributed by atoms with Crippen LogP contribution in [0, 0.1) is 0 Å². The Hall–Kier alpha value is -1.32. The quantitative estimate of drug-likeness (QED) is 0.888. The van der Waals surface area contributed by atoms with Gasteiger partial charge in [-0.2, -0.15) is 5.10 Å². The second kappa shape index (κ2) is 6.91. The van der Waals surface area contributed by atoms with Crippen LogP contribution in [-0.2, 0) is 26.3 Å². The number of nitrogens with two attached hydrogens (primary N) is 1. The van der Waals surface area contributed by atoms with Crippen LogP contribution in [0.15, 0.2) is 30.3 Å². The van der Waals surface area contributed by atoms with E-state index in [0.29, 0.717) is 0 Å². The number of halogens is 1. The summed E-state index contributed by atoms with van der Waals surface area (Å²) < 4.78 is 1.86. The fourth-order valence-corrected chi connectivity index (χ4v) is 2.76. The van der Waals surface area contributed by atoms with Crippen molar-refractivity contribution < 1.29 is 0 Å². The van der Waals surface area contributed by atoms with Gasteiger partial charge in [-0.1, -0.05) is 48.9 Å². The molecule has 2 rings (SSSR count). The molecule has 0 spiro atoms. The van der Waals surface area contributed by atoms with Crippen LogP contribution in [0.25, 0.3) is 0 Å². The average molecular weight is 292 g/mol. The Morgan fingerprint density at radius 2 is 2.00 bits per heavy atom. The molecular weight excluding hydrogens is 270 g/mol. The first-order chi connectivity index (χ1) is 9.61. The van der Waals surface area contributed by atoms with E-state index < -0.39 is 0 Å². The number of hydrogen-bond donors (Lipinski definition) is 1. The Balaban J connectivity index is 1.95. The highest BCUT2D eigenvalue weighted by molar-refractivity contribution is 6.31. The predicted molar refractivity (Wildman–Crippen MR) is 84.0 cm³/mol. The summed E-state index contributed by atoms with van der Waals surface area (Å²) in [7, 11) is 1.93. The van der Waals surface area contributed by atoms with Crippen molar-refractivity contribution in [3.05, 3.63) is 52.3 Å². The van der Waals surface area contributed by atoms with E-state index in [9.17, 15) is 0 Å². The van der Waals surface area contributed by atoms with E-state index in [4.69, 9.17) is 17.3 Å². The van der Waals surface area contributed by atoms with Crippen LogP contribution >= 0.6 is 11.6 Å². The first kappa shape index (κ1) is 15.1. The minimum Gasteiger partial charge on any atom is -0.327 e. The van der Waals surface area contributed by atoms with Gasteiger partial charge in [-0.25, -0.2) is 0 Å². The lowest BCUT2D eigenvalue weighted by atomic mass is 10.0. The topological polar surface area (TPSA) is 43.8 Å². The van der Waals surface area contributed by atoms with Gasteiger partial charge in [0.25, 0.3) is 0 Å². The van der Waals surface area contributed by atoms with E-state index in [0.717, 1.165) is 42.1 Å². The van der Waals surface area contributed by atoms with Crippen LogP contribution in [-0.4, -0.2) is 15.8 Å². The van der Waals surface area contributed by atoms with Crippen LogP contribution < -0.4 is 5.73 Å². The van der Waals surface area contributed by atoms with Crippen molar-refractivity contribution in [3.63, 3.8) is 0 Å². The first-order valence-electron chi connectivity index (χ1n) is 7.11. The summed E-state index contributed by atoms with van der Waals surface area (Å²) in [6.45, 7) is 2.06. The molecule has 108 valence electrons. The molecule has 0 fully saturated rings. The number of nitrogens with zero attached hydrogens (tertiary/aromatic N) is 2. The second-order valence-corrected chi connectivity index (χ2v) is 5.55. The van der Waals surface area contributed by atoms with Crippen LogP contribution in [0.2, 0.25) is 5.02 Å². The van der Waals surface area contributed by atoms with E-state index in [-0.39, 0.29) is 6.04 Å². The molecule has 2 aromatic rings. The number of hydrogen-bond acceptors (Lipinski definition) is 2. The molecule has 0 bridgehead atoms. The Labute approximate surface area is 125 Å². The van der Waals surface area contributed by atoms with Crippen molar-refractivity contribution in [3.8, 4) is 0 Å². The molecule has 1 unspecified atom stereocenters. The maximum atomic E-state index is 6.35. The van der Waals surface area contributed by atoms with Crippen LogP contribution in [0.5, 0.6) is 0 Å². The van der Waals surface area contributed by atoms with Gasteiger partial charge in [0.1, 0.15) is 0 Å². The van der Waals surface area contributed by atoms with Crippen LogP contribution in [0.4, 0.5) is 0 Å². The molecule has 1 atom stereocenters. The third kappa shape index (κ3) is 3.62. The Kier molecular flexibility index (Phi) is 5.21. The largest absolute Gasteiger partial charge is 0.327 e. The van der Waals surface area contributed by atoms with Crippen LogP contribution in [0.3, 0.4) is 0 Å². The summed E-state index contributed by atoms with van der Waals surface area (Å²) >= 11 is 6.35. The minimum atomic E-state index is 0.104. The summed E-state index contributed by atoms with van der Waals surface area (Å²) in [5.74, 6) is 0. The molecule has 20 heavy (non-hydrogen) atoms. The van der Waals surface area contributed by atoms with E-state index >= 15 is 0 Å². The summed E-state index contributed by atoms with van der Waals surface area (Å²) in [5, 5.41) is 5.21. The molecule has 2 N–H and O–H groups in total. The van der Waals surface area contributed by atoms with Gasteiger partial charge in [0.15, 0.2) is 0 Å². The van der Waals surface area contributed by atoms with Gasteiger partial charge < -0.3 is 5.73 Å². The van der Waals surface area contributed by atoms with E-state index in [2.05, 4.69) is 36.3 Å². The van der Waals surface area contributed by atoms with Gasteiger partial charge in [0.05, 0.1) is 16.4 Å². The standard InChI is InChI=1S/C16H22ClN3/c1-3-14-16(17)15(20(2)19-14)11-13(18)10-9-12-7-5-4-6-8-12/h4-8,13H,3,9-11,18H2,1-2H3. The molecule has 1 aromatic heterocycles. The molecular formula is C16H22ClN3. The van der Waals surface area contributed by atoms with Crippen molar-refractivity contribution in [1.82, 2.24) is 9.78 Å². The van der Waals surface area contributed by atoms with Gasteiger partial charge in [-0.3, -0.25) is 4.68 Å². The van der Waals surface area contributed by atoms with Crippen molar-refractivity contribution in [1.29, 1.82) is 0 Å². The zero-order valence-electron chi connectivity index (χ0n) is 12.1. The van der Waals surface area contributed by atoms with E-state index in [1.165, 1.54) is 5.56 Å². The molecule has 1 aromatic carbocycles. The predicted octanol–water partition coefficient (Wildman–Crippen LogP) is 3.14. The monoisotopic (exact) mass is 291 g/mol. The van der Waals surface area contributed by atoms with Crippen molar-refractivity contribution in [2.45, 2.75) is 38.6 Å². The fraction of sp³-hybridized carbons (Fsp3) is 0.438. The van der Waals surface area contributed by atoms with Gasteiger partial charge in [0.2, 0.25) is 0 Å². The zero-order chi connectivity index (χ0) is 14.5. The van der Waals surface area contributed by atoms with Crippen molar-refractivity contribution >= 4 is 11.6 Å². The summed E-state index contributed by atoms with van der Waals surface area (Å²) in [6, 6.07) is 10.5. The lowest BCUT2D eigenvalue weighted by Crippen LogP contribution is -2.25. The third-order valence-electron chi connectivity index (χ3n) is 3.61. The molecule has 0 aliphatic heterocycles. The fourth-order valence-electron chi connectivity index (χ4n) is 2.39. The minimum absolute atomic E-state index is 0.104. The highest BCUT2D eigenvalue weighted by Crippen LogP contribution is 2.22. The molecule has 0 radical (unpaired) electrons. The molecule has 0 aliphatic rings. The first-order valence-corrected chi connectivity index (χ1v) is 7.49. The van der Waals surface area contributed by atoms with Gasteiger partial charge >= 0.3 is 0 Å². The normalized spacial score (nSPS) is 12.6. The molecule has 4 heteroatoms. The van der Waals surface area contributed by atoms with E-state index in [1.807, 2.05) is 17.8 Å². The second-order valence-electron chi connectivity index (χ2n) is 5.17. The zero-order valence-corrected chi connectivity index (χ0v) is 12.9. The van der Waals surface area contributed by atoms with E-state index in [1.54, 1.807) is 0 Å². The molecule has 0 amide bonds. The summed E-state index contributed by atoms with van der Waals surface area (Å²) in [4.78, 5) is 0. The number of aryl methyl sites for hydroxylation is 3. The maximum absolute atomic E-state index is 6.35. The molecule has 0 saturated heterocycles. The SMILES string of the molecule is CCc1nn(C)c(CC(N)CCc2ccccc2)c1Cl. The average Bonchev–Trinajstić information content (AvgIpc) is 2.73. The summed E-state index contributed by atoms with van der Waals surface area (Å²) in [5.41, 5.74) is 9.57. The van der Waals surface area contributed by atoms with Crippen LogP contribution in [0.1, 0.15) is 30.3 Å². The highest BCUT2D eigenvalue weighted by atomic mass is 35.5. The third-order valence-corrected chi connectivity index (χ3v) is 4.04. The smallest absolute Gasteiger partial charge is 0.0850 e. The summed E-state index contributed by atoms with van der Waals surface area (Å²) in [6.07, 6.45) is 3.58. The molecule has 3 nitrogen and oxygen atoms in total. The molecule has 1 heterocycles. The number of aromatic nitrogens is 2. The maximum Gasteiger partial charge on any atom is 0.0850 e. The Morgan fingerprint density at radius 1 is 1.30 bits per heavy atom. The Bertz CT molecular complexity index is 548. The number of rotatable bonds is 6. The van der Waals surface area contributed by atoms with Gasteiger partial charge in [0, 0.05) is 19.5 Å². The lowest BCUT2D eigenvalue weighted by Gasteiger charge is -2.12. The lowest BCUT2D eigenvalue weighted by molar-refractivity contribution is 0.577.